The Morgan fingerprint density at radius 1 is 1.33 bits per heavy atom. The van der Waals surface area contributed by atoms with Gasteiger partial charge in [0.2, 0.25) is 0 Å². The van der Waals surface area contributed by atoms with Gasteiger partial charge in [0.1, 0.15) is 5.82 Å². The fourth-order valence-corrected chi connectivity index (χ4v) is 2.14. The van der Waals surface area contributed by atoms with Crippen molar-refractivity contribution >= 4 is 17.2 Å². The molecular formula is C14H12ClFN4O. The normalized spacial score (nSPS) is 17.5. The van der Waals surface area contributed by atoms with Gasteiger partial charge in [-0.1, -0.05) is 23.7 Å². The zero-order valence-corrected chi connectivity index (χ0v) is 11.1. The molecule has 0 unspecified atom stereocenters. The van der Waals surface area contributed by atoms with Gasteiger partial charge < -0.3 is 5.11 Å². The van der Waals surface area contributed by atoms with Crippen LogP contribution in [-0.2, 0) is 5.60 Å². The molecule has 0 amide bonds. The van der Waals surface area contributed by atoms with Gasteiger partial charge in [-0.05, 0) is 31.9 Å². The molecule has 0 aliphatic heterocycles. The highest BCUT2D eigenvalue weighted by molar-refractivity contribution is 6.30. The van der Waals surface area contributed by atoms with Gasteiger partial charge in [-0.2, -0.15) is 9.61 Å². The maximum atomic E-state index is 14.0. The lowest BCUT2D eigenvalue weighted by molar-refractivity contribution is 0.0782. The summed E-state index contributed by atoms with van der Waals surface area (Å²) in [5, 5.41) is 21.5. The fourth-order valence-electron chi connectivity index (χ4n) is 1.87. The summed E-state index contributed by atoms with van der Waals surface area (Å²) in [6.45, 7) is -6.67. The highest BCUT2D eigenvalue weighted by Gasteiger charge is 2.23. The molecular weight excluding hydrogens is 295 g/mol. The summed E-state index contributed by atoms with van der Waals surface area (Å²) in [6.07, 6.45) is 0. The molecule has 2 heterocycles. The number of rotatable bonds is 2. The van der Waals surface area contributed by atoms with Crippen molar-refractivity contribution in [2.24, 2.45) is 0 Å². The first kappa shape index (κ1) is 8.41. The van der Waals surface area contributed by atoms with E-state index in [0.717, 1.165) is 10.6 Å². The van der Waals surface area contributed by atoms with E-state index in [9.17, 15) is 9.50 Å². The van der Waals surface area contributed by atoms with Gasteiger partial charge in [-0.15, -0.1) is 10.2 Å². The zero-order chi connectivity index (χ0) is 20.2. The number of nitrogens with zero attached hydrogens (tertiary/aromatic N) is 4. The van der Waals surface area contributed by atoms with E-state index in [-0.39, 0.29) is 17.0 Å². The number of benzene rings is 1. The SMILES string of the molecule is [2H]C([2H])([2H])C(O)(c1cc2nnc(-c3ccccc3F)n2nc1Cl)C([2H])([2H])[2H]. The maximum absolute atomic E-state index is 14.0. The molecule has 0 saturated heterocycles. The Labute approximate surface area is 133 Å². The lowest BCUT2D eigenvalue weighted by atomic mass is 10.0. The summed E-state index contributed by atoms with van der Waals surface area (Å²) in [5.41, 5.74) is -3.98. The first-order chi connectivity index (χ1) is 12.4. The predicted octanol–water partition coefficient (Wildman–Crippen LogP) is 2.81. The third-order valence-electron chi connectivity index (χ3n) is 2.85. The Morgan fingerprint density at radius 3 is 2.81 bits per heavy atom. The zero-order valence-electron chi connectivity index (χ0n) is 16.4. The quantitative estimate of drug-likeness (QED) is 0.790. The van der Waals surface area contributed by atoms with E-state index in [4.69, 9.17) is 19.8 Å². The van der Waals surface area contributed by atoms with Crippen molar-refractivity contribution in [3.05, 3.63) is 46.9 Å². The van der Waals surface area contributed by atoms with Gasteiger partial charge in [0.25, 0.3) is 0 Å². The van der Waals surface area contributed by atoms with Crippen LogP contribution in [-0.4, -0.2) is 24.9 Å². The lowest BCUT2D eigenvalue weighted by Crippen LogP contribution is -2.17. The van der Waals surface area contributed by atoms with Gasteiger partial charge >= 0.3 is 0 Å². The molecule has 0 spiro atoms. The van der Waals surface area contributed by atoms with Crippen molar-refractivity contribution in [1.29, 1.82) is 0 Å². The monoisotopic (exact) mass is 312 g/mol. The van der Waals surface area contributed by atoms with E-state index in [2.05, 4.69) is 15.3 Å². The Balaban J connectivity index is 2.27. The highest BCUT2D eigenvalue weighted by atomic mass is 35.5. The van der Waals surface area contributed by atoms with Crippen LogP contribution in [0.5, 0.6) is 0 Å². The second-order valence-electron chi connectivity index (χ2n) is 4.33. The van der Waals surface area contributed by atoms with Crippen LogP contribution >= 0.6 is 11.6 Å². The van der Waals surface area contributed by atoms with Crippen molar-refractivity contribution in [3.8, 4) is 11.4 Å². The van der Waals surface area contributed by atoms with Crippen LogP contribution in [0.15, 0.2) is 30.3 Å². The second-order valence-corrected chi connectivity index (χ2v) is 4.69. The van der Waals surface area contributed by atoms with Crippen molar-refractivity contribution < 1.29 is 17.7 Å². The molecule has 7 heteroatoms. The standard InChI is InChI=1S/C14H12ClFN4O/c1-14(2,21)9-7-11-17-18-13(20(11)19-12(9)15)8-5-3-4-6-10(8)16/h3-7,21H,1-2H3/i1D3,2D3. The average molecular weight is 313 g/mol. The first-order valence-corrected chi connectivity index (χ1v) is 6.15. The molecule has 1 N–H and O–H groups in total. The van der Waals surface area contributed by atoms with Crippen molar-refractivity contribution in [1.82, 2.24) is 19.8 Å². The summed E-state index contributed by atoms with van der Waals surface area (Å²) < 4.78 is 60.0. The predicted molar refractivity (Wildman–Crippen MR) is 76.4 cm³/mol. The first-order valence-electron chi connectivity index (χ1n) is 8.77. The maximum Gasteiger partial charge on any atom is 0.188 e. The van der Waals surface area contributed by atoms with E-state index in [1.807, 2.05) is 0 Å². The van der Waals surface area contributed by atoms with Crippen LogP contribution in [0.4, 0.5) is 4.39 Å². The Hall–Kier alpha value is -2.05. The fraction of sp³-hybridized carbons (Fsp3) is 0.214. The molecule has 3 aromatic rings. The number of hydrogen-bond donors (Lipinski definition) is 1. The summed E-state index contributed by atoms with van der Waals surface area (Å²) in [4.78, 5) is 0. The lowest BCUT2D eigenvalue weighted by Gasteiger charge is -2.18. The molecule has 108 valence electrons. The molecule has 0 atom stereocenters. The van der Waals surface area contributed by atoms with Crippen molar-refractivity contribution in [2.75, 3.05) is 0 Å². The molecule has 0 fully saturated rings. The topological polar surface area (TPSA) is 63.3 Å². The van der Waals surface area contributed by atoms with Crippen LogP contribution in [0.2, 0.25) is 5.15 Å². The minimum atomic E-state index is -3.34. The van der Waals surface area contributed by atoms with Crippen molar-refractivity contribution in [2.45, 2.75) is 19.3 Å². The molecule has 2 aromatic heterocycles. The summed E-state index contributed by atoms with van der Waals surface area (Å²) in [6, 6.07) is 6.64. The van der Waals surface area contributed by atoms with E-state index < -0.39 is 35.8 Å². The number of aliphatic hydroxyl groups is 1. The third-order valence-corrected chi connectivity index (χ3v) is 3.13. The Morgan fingerprint density at radius 2 is 2.10 bits per heavy atom. The Kier molecular flexibility index (Phi) is 1.90. The van der Waals surface area contributed by atoms with E-state index in [1.54, 1.807) is 6.07 Å². The number of hydrogen-bond acceptors (Lipinski definition) is 4. The number of halogens is 2. The van der Waals surface area contributed by atoms with Crippen LogP contribution in [0.25, 0.3) is 17.0 Å². The third kappa shape index (κ3) is 2.36. The molecule has 0 saturated carbocycles. The molecule has 0 bridgehead atoms. The van der Waals surface area contributed by atoms with Gasteiger partial charge in [-0.3, -0.25) is 0 Å². The minimum absolute atomic E-state index is 0.0251. The summed E-state index contributed by atoms with van der Waals surface area (Å²) >= 11 is 6.01. The van der Waals surface area contributed by atoms with Gasteiger partial charge in [0, 0.05) is 13.8 Å². The van der Waals surface area contributed by atoms with Gasteiger partial charge in [-0.25, -0.2) is 4.39 Å². The molecule has 21 heavy (non-hydrogen) atoms. The van der Waals surface area contributed by atoms with Crippen molar-refractivity contribution in [3.63, 3.8) is 0 Å². The average Bonchev–Trinajstić information content (AvgIpc) is 2.94. The van der Waals surface area contributed by atoms with Crippen LogP contribution in [0, 0.1) is 5.82 Å². The number of aromatic nitrogens is 4. The van der Waals surface area contributed by atoms with E-state index >= 15 is 0 Å². The molecule has 0 aliphatic carbocycles. The van der Waals surface area contributed by atoms with E-state index in [0.29, 0.717) is 0 Å². The van der Waals surface area contributed by atoms with Crippen LogP contribution in [0.1, 0.15) is 27.5 Å². The van der Waals surface area contributed by atoms with E-state index in [1.165, 1.54) is 18.2 Å². The van der Waals surface area contributed by atoms with Gasteiger partial charge in [0.15, 0.2) is 16.6 Å². The summed E-state index contributed by atoms with van der Waals surface area (Å²) in [5.74, 6) is -0.627. The molecule has 1 aromatic carbocycles. The smallest absolute Gasteiger partial charge is 0.188 e. The molecule has 0 radical (unpaired) electrons. The molecule has 0 aliphatic rings. The molecule has 3 rings (SSSR count). The highest BCUT2D eigenvalue weighted by Crippen LogP contribution is 2.28. The largest absolute Gasteiger partial charge is 0.386 e. The minimum Gasteiger partial charge on any atom is -0.386 e. The van der Waals surface area contributed by atoms with Gasteiger partial charge in [0.05, 0.1) is 11.2 Å². The summed E-state index contributed by atoms with van der Waals surface area (Å²) in [7, 11) is 0. The molecule has 5 nitrogen and oxygen atoms in total. The number of fused-ring (bicyclic) bond motifs is 1. The second kappa shape index (κ2) is 4.75. The van der Waals surface area contributed by atoms with Crippen LogP contribution in [0.3, 0.4) is 0 Å². The van der Waals surface area contributed by atoms with Crippen LogP contribution < -0.4 is 0 Å². The Bertz CT molecular complexity index is 1000.